The van der Waals surface area contributed by atoms with Crippen LogP contribution in [0.4, 0.5) is 5.69 Å². The molecule has 5 heteroatoms. The molecule has 2 aliphatic heterocycles. The van der Waals surface area contributed by atoms with Crippen molar-refractivity contribution in [3.05, 3.63) is 77.9 Å². The van der Waals surface area contributed by atoms with Crippen molar-refractivity contribution in [3.63, 3.8) is 0 Å². The Balaban J connectivity index is 1.53. The number of piperazine rings is 1. The van der Waals surface area contributed by atoms with E-state index in [1.807, 2.05) is 23.1 Å². The highest BCUT2D eigenvalue weighted by molar-refractivity contribution is 5.90. The van der Waals surface area contributed by atoms with Gasteiger partial charge in [0.2, 0.25) is 11.8 Å². The SMILES string of the molecule is C=CC(=O)N1CCC(C(=O)N2CCN(c3c(C)cccc3C)CC2)(c2ccccc2)CC1. The number of para-hydroxylation sites is 1. The summed E-state index contributed by atoms with van der Waals surface area (Å²) in [6.07, 6.45) is 2.66. The Morgan fingerprint density at radius 1 is 0.812 bits per heavy atom. The van der Waals surface area contributed by atoms with Crippen LogP contribution in [0.15, 0.2) is 61.2 Å². The number of aryl methyl sites for hydroxylation is 2. The van der Waals surface area contributed by atoms with E-state index in [0.717, 1.165) is 31.7 Å². The van der Waals surface area contributed by atoms with E-state index in [-0.39, 0.29) is 11.8 Å². The average molecular weight is 432 g/mol. The molecule has 32 heavy (non-hydrogen) atoms. The smallest absolute Gasteiger partial charge is 0.245 e. The van der Waals surface area contributed by atoms with Gasteiger partial charge >= 0.3 is 0 Å². The third-order valence-corrected chi connectivity index (χ3v) is 7.16. The van der Waals surface area contributed by atoms with Crippen LogP contribution in [0.25, 0.3) is 0 Å². The third kappa shape index (κ3) is 4.04. The Kier molecular flexibility index (Phi) is 6.35. The van der Waals surface area contributed by atoms with Crippen LogP contribution in [-0.2, 0) is 15.0 Å². The summed E-state index contributed by atoms with van der Waals surface area (Å²) < 4.78 is 0. The summed E-state index contributed by atoms with van der Waals surface area (Å²) in [5, 5.41) is 0. The van der Waals surface area contributed by atoms with Crippen molar-refractivity contribution < 1.29 is 9.59 Å². The number of rotatable bonds is 4. The van der Waals surface area contributed by atoms with Gasteiger partial charge in [0.05, 0.1) is 5.41 Å². The van der Waals surface area contributed by atoms with Crippen LogP contribution in [0.1, 0.15) is 29.5 Å². The Hall–Kier alpha value is -3.08. The van der Waals surface area contributed by atoms with Crippen LogP contribution in [0.3, 0.4) is 0 Å². The lowest BCUT2D eigenvalue weighted by Gasteiger charge is -2.45. The molecule has 2 aromatic rings. The minimum atomic E-state index is -0.569. The predicted molar refractivity (Wildman–Crippen MR) is 129 cm³/mol. The zero-order chi connectivity index (χ0) is 22.7. The van der Waals surface area contributed by atoms with E-state index in [2.05, 4.69) is 55.7 Å². The molecular weight excluding hydrogens is 398 g/mol. The van der Waals surface area contributed by atoms with E-state index in [1.165, 1.54) is 22.9 Å². The lowest BCUT2D eigenvalue weighted by molar-refractivity contribution is -0.142. The molecular formula is C27H33N3O2. The van der Waals surface area contributed by atoms with Crippen LogP contribution >= 0.6 is 0 Å². The molecule has 0 bridgehead atoms. The molecule has 0 unspecified atom stereocenters. The zero-order valence-corrected chi connectivity index (χ0v) is 19.2. The molecule has 0 radical (unpaired) electrons. The molecule has 0 N–H and O–H groups in total. The summed E-state index contributed by atoms with van der Waals surface area (Å²) in [7, 11) is 0. The number of nitrogens with zero attached hydrogens (tertiary/aromatic N) is 3. The number of anilines is 1. The summed E-state index contributed by atoms with van der Waals surface area (Å²) in [6, 6.07) is 16.5. The number of amides is 2. The van der Waals surface area contributed by atoms with E-state index < -0.39 is 5.41 Å². The third-order valence-electron chi connectivity index (χ3n) is 7.16. The van der Waals surface area contributed by atoms with Crippen molar-refractivity contribution in [2.24, 2.45) is 0 Å². The number of carbonyl (C=O) groups excluding carboxylic acids is 2. The van der Waals surface area contributed by atoms with Gasteiger partial charge in [-0.25, -0.2) is 0 Å². The molecule has 2 aromatic carbocycles. The second kappa shape index (κ2) is 9.19. The monoisotopic (exact) mass is 431 g/mol. The summed E-state index contributed by atoms with van der Waals surface area (Å²) in [6.45, 7) is 12.2. The molecule has 2 amide bonds. The second-order valence-corrected chi connectivity index (χ2v) is 9.00. The molecule has 168 valence electrons. The highest BCUT2D eigenvalue weighted by atomic mass is 16.2. The molecule has 0 spiro atoms. The molecule has 4 rings (SSSR count). The summed E-state index contributed by atoms with van der Waals surface area (Å²) in [4.78, 5) is 32.4. The lowest BCUT2D eigenvalue weighted by atomic mass is 9.71. The predicted octanol–water partition coefficient (Wildman–Crippen LogP) is 3.70. The maximum absolute atomic E-state index is 14.0. The van der Waals surface area contributed by atoms with Gasteiger partial charge in [0.25, 0.3) is 0 Å². The first kappa shape index (κ1) is 22.1. The molecule has 2 aliphatic rings. The number of hydrogen-bond donors (Lipinski definition) is 0. The van der Waals surface area contributed by atoms with Gasteiger partial charge in [-0.3, -0.25) is 9.59 Å². The Bertz CT molecular complexity index is 965. The van der Waals surface area contributed by atoms with Crippen LogP contribution in [0.2, 0.25) is 0 Å². The van der Waals surface area contributed by atoms with Gasteiger partial charge in [-0.15, -0.1) is 0 Å². The number of hydrogen-bond acceptors (Lipinski definition) is 3. The van der Waals surface area contributed by atoms with Gasteiger partial charge < -0.3 is 14.7 Å². The molecule has 2 fully saturated rings. The van der Waals surface area contributed by atoms with Crippen molar-refractivity contribution >= 4 is 17.5 Å². The maximum atomic E-state index is 14.0. The maximum Gasteiger partial charge on any atom is 0.245 e. The van der Waals surface area contributed by atoms with Gasteiger partial charge in [0.1, 0.15) is 0 Å². The fourth-order valence-electron chi connectivity index (χ4n) is 5.36. The van der Waals surface area contributed by atoms with Crippen molar-refractivity contribution in [2.45, 2.75) is 32.1 Å². The standard InChI is InChI=1S/C27H33N3O2/c1-4-24(31)28-15-13-27(14-16-28,23-11-6-5-7-12-23)26(32)30-19-17-29(18-20-30)25-21(2)9-8-10-22(25)3/h4-12H,1,13-20H2,2-3H3. The van der Waals surface area contributed by atoms with Crippen LogP contribution < -0.4 is 4.90 Å². The minimum Gasteiger partial charge on any atom is -0.368 e. The summed E-state index contributed by atoms with van der Waals surface area (Å²) in [5.41, 5.74) is 4.36. The molecule has 0 aliphatic carbocycles. The first-order chi connectivity index (χ1) is 15.5. The van der Waals surface area contributed by atoms with Crippen molar-refractivity contribution in [1.82, 2.24) is 9.80 Å². The highest BCUT2D eigenvalue weighted by Gasteiger charge is 2.46. The Morgan fingerprint density at radius 2 is 1.41 bits per heavy atom. The average Bonchev–Trinajstić information content (AvgIpc) is 2.84. The van der Waals surface area contributed by atoms with Crippen LogP contribution in [0.5, 0.6) is 0 Å². The largest absolute Gasteiger partial charge is 0.368 e. The summed E-state index contributed by atoms with van der Waals surface area (Å²) in [5.74, 6) is 0.150. The topological polar surface area (TPSA) is 43.9 Å². The van der Waals surface area contributed by atoms with E-state index in [4.69, 9.17) is 0 Å². The van der Waals surface area contributed by atoms with Crippen LogP contribution in [0, 0.1) is 13.8 Å². The fourth-order valence-corrected chi connectivity index (χ4v) is 5.36. The normalized spacial score (nSPS) is 18.4. The van der Waals surface area contributed by atoms with Crippen LogP contribution in [-0.4, -0.2) is 60.9 Å². The van der Waals surface area contributed by atoms with Gasteiger partial charge in [0, 0.05) is 45.0 Å². The zero-order valence-electron chi connectivity index (χ0n) is 19.2. The number of piperidine rings is 1. The van der Waals surface area contributed by atoms with Gasteiger partial charge in [-0.1, -0.05) is 55.1 Å². The minimum absolute atomic E-state index is 0.0543. The van der Waals surface area contributed by atoms with Crippen molar-refractivity contribution in [2.75, 3.05) is 44.2 Å². The fraction of sp³-hybridized carbons (Fsp3) is 0.407. The molecule has 0 atom stereocenters. The van der Waals surface area contributed by atoms with E-state index >= 15 is 0 Å². The van der Waals surface area contributed by atoms with Gasteiger partial charge in [-0.2, -0.15) is 0 Å². The Labute approximate surface area is 191 Å². The lowest BCUT2D eigenvalue weighted by Crippen LogP contribution is -2.58. The Morgan fingerprint density at radius 3 is 1.97 bits per heavy atom. The number of benzene rings is 2. The molecule has 2 heterocycles. The molecule has 0 aromatic heterocycles. The van der Waals surface area contributed by atoms with Crippen molar-refractivity contribution in [1.29, 1.82) is 0 Å². The van der Waals surface area contributed by atoms with Gasteiger partial charge in [-0.05, 0) is 49.5 Å². The van der Waals surface area contributed by atoms with E-state index in [0.29, 0.717) is 25.9 Å². The van der Waals surface area contributed by atoms with Crippen molar-refractivity contribution in [3.8, 4) is 0 Å². The first-order valence-corrected chi connectivity index (χ1v) is 11.5. The number of likely N-dealkylation sites (tertiary alicyclic amines) is 1. The molecule has 2 saturated heterocycles. The van der Waals surface area contributed by atoms with E-state index in [1.54, 1.807) is 4.90 Å². The second-order valence-electron chi connectivity index (χ2n) is 9.00. The molecule has 0 saturated carbocycles. The first-order valence-electron chi connectivity index (χ1n) is 11.5. The summed E-state index contributed by atoms with van der Waals surface area (Å²) >= 11 is 0. The number of carbonyl (C=O) groups is 2. The quantitative estimate of drug-likeness (QED) is 0.694. The molecule has 5 nitrogen and oxygen atoms in total. The van der Waals surface area contributed by atoms with Gasteiger partial charge in [0.15, 0.2) is 0 Å². The highest BCUT2D eigenvalue weighted by Crippen LogP contribution is 2.38. The van der Waals surface area contributed by atoms with E-state index in [9.17, 15) is 9.59 Å².